The number of carbonyl (C=O) groups is 1. The van der Waals surface area contributed by atoms with Gasteiger partial charge < -0.3 is 10.6 Å². The molecule has 1 saturated carbocycles. The van der Waals surface area contributed by atoms with Gasteiger partial charge in [0.2, 0.25) is 0 Å². The molecule has 1 fully saturated rings. The maximum atomic E-state index is 12.0. The Hall–Kier alpha value is -2.28. The molecule has 1 aliphatic carbocycles. The molecule has 0 aromatic heterocycles. The summed E-state index contributed by atoms with van der Waals surface area (Å²) in [4.78, 5) is 12.0. The van der Waals surface area contributed by atoms with Gasteiger partial charge in [-0.15, -0.1) is 0 Å². The summed E-state index contributed by atoms with van der Waals surface area (Å²) in [5.74, 6) is -0.290. The number of nitrogens with one attached hydrogen (secondary N) is 2. The number of rotatable bonds is 5. The molecule has 0 heterocycles. The van der Waals surface area contributed by atoms with Crippen molar-refractivity contribution in [2.75, 3.05) is 5.32 Å². The molecule has 1 aromatic rings. The van der Waals surface area contributed by atoms with Crippen LogP contribution in [-0.2, 0) is 11.2 Å². The second-order valence-electron chi connectivity index (χ2n) is 5.32. The smallest absolute Gasteiger partial charge is 0.263 e. The maximum Gasteiger partial charge on any atom is 0.263 e. The van der Waals surface area contributed by atoms with Gasteiger partial charge in [0.1, 0.15) is 11.6 Å². The molecule has 0 bridgehead atoms. The molecular formula is C17H21N3O. The molecule has 0 aliphatic heterocycles. The predicted octanol–water partition coefficient (Wildman–Crippen LogP) is 3.13. The molecule has 0 radical (unpaired) electrons. The van der Waals surface area contributed by atoms with Crippen molar-refractivity contribution in [2.45, 2.75) is 45.1 Å². The molecular weight excluding hydrogens is 262 g/mol. The summed E-state index contributed by atoms with van der Waals surface area (Å²) < 4.78 is 0. The minimum Gasteiger partial charge on any atom is -0.360 e. The predicted molar refractivity (Wildman–Crippen MR) is 83.5 cm³/mol. The fourth-order valence-corrected chi connectivity index (χ4v) is 2.47. The molecule has 0 saturated heterocycles. The van der Waals surface area contributed by atoms with E-state index in [1.807, 2.05) is 30.3 Å². The average Bonchev–Trinajstić information content (AvgIpc) is 3.01. The van der Waals surface area contributed by atoms with Gasteiger partial charge in [-0.3, -0.25) is 4.79 Å². The standard InChI is InChI=1S/C17H21N3O/c1-2-13-7-9-15(10-8-13)19-12-14(11-18)17(21)20-16-5-3-4-6-16/h7-10,12,16,19H,2-6H2,1H3,(H,20,21)/b14-12-. The Morgan fingerprint density at radius 2 is 2.00 bits per heavy atom. The van der Waals surface area contributed by atoms with Crippen LogP contribution in [0.25, 0.3) is 0 Å². The van der Waals surface area contributed by atoms with Crippen molar-refractivity contribution in [1.82, 2.24) is 5.32 Å². The molecule has 0 unspecified atom stereocenters. The molecule has 2 N–H and O–H groups in total. The summed E-state index contributed by atoms with van der Waals surface area (Å²) in [6, 6.07) is 10.1. The van der Waals surface area contributed by atoms with Gasteiger partial charge in [-0.1, -0.05) is 31.9 Å². The first-order chi connectivity index (χ1) is 10.2. The maximum absolute atomic E-state index is 12.0. The third-order valence-corrected chi connectivity index (χ3v) is 3.80. The zero-order chi connectivity index (χ0) is 15.1. The number of hydrogen-bond acceptors (Lipinski definition) is 3. The highest BCUT2D eigenvalue weighted by Crippen LogP contribution is 2.18. The number of amides is 1. The third-order valence-electron chi connectivity index (χ3n) is 3.80. The van der Waals surface area contributed by atoms with E-state index in [9.17, 15) is 4.79 Å². The lowest BCUT2D eigenvalue weighted by molar-refractivity contribution is -0.117. The van der Waals surface area contributed by atoms with Crippen LogP contribution in [0.2, 0.25) is 0 Å². The molecule has 0 atom stereocenters. The number of carbonyl (C=O) groups excluding carboxylic acids is 1. The number of hydrogen-bond donors (Lipinski definition) is 2. The summed E-state index contributed by atoms with van der Waals surface area (Å²) >= 11 is 0. The van der Waals surface area contributed by atoms with E-state index in [2.05, 4.69) is 17.6 Å². The highest BCUT2D eigenvalue weighted by atomic mass is 16.1. The summed E-state index contributed by atoms with van der Waals surface area (Å²) in [5, 5.41) is 15.0. The Kier molecular flexibility index (Phi) is 5.39. The fourth-order valence-electron chi connectivity index (χ4n) is 2.47. The normalized spacial score (nSPS) is 15.5. The molecule has 1 amide bonds. The third kappa shape index (κ3) is 4.35. The van der Waals surface area contributed by atoms with Crippen LogP contribution in [-0.4, -0.2) is 11.9 Å². The van der Waals surface area contributed by atoms with Gasteiger partial charge in [-0.05, 0) is 37.0 Å². The minimum absolute atomic E-state index is 0.112. The quantitative estimate of drug-likeness (QED) is 0.644. The summed E-state index contributed by atoms with van der Waals surface area (Å²) in [7, 11) is 0. The van der Waals surface area contributed by atoms with Crippen LogP contribution in [0.5, 0.6) is 0 Å². The van der Waals surface area contributed by atoms with Crippen LogP contribution < -0.4 is 10.6 Å². The summed E-state index contributed by atoms with van der Waals surface area (Å²) in [5.41, 5.74) is 2.24. The van der Waals surface area contributed by atoms with Crippen molar-refractivity contribution in [2.24, 2.45) is 0 Å². The lowest BCUT2D eigenvalue weighted by Gasteiger charge is -2.11. The lowest BCUT2D eigenvalue weighted by atomic mass is 10.1. The zero-order valence-corrected chi connectivity index (χ0v) is 12.4. The van der Waals surface area contributed by atoms with Crippen LogP contribution in [0, 0.1) is 11.3 Å². The number of aryl methyl sites for hydroxylation is 1. The molecule has 0 spiro atoms. The van der Waals surface area contributed by atoms with Crippen molar-refractivity contribution < 1.29 is 4.79 Å². The van der Waals surface area contributed by atoms with E-state index in [0.29, 0.717) is 0 Å². The first-order valence-corrected chi connectivity index (χ1v) is 7.49. The highest BCUT2D eigenvalue weighted by Gasteiger charge is 2.19. The minimum atomic E-state index is -0.290. The molecule has 1 aliphatic rings. The van der Waals surface area contributed by atoms with Gasteiger partial charge in [0.25, 0.3) is 5.91 Å². The van der Waals surface area contributed by atoms with Crippen molar-refractivity contribution in [3.8, 4) is 6.07 Å². The van der Waals surface area contributed by atoms with Crippen molar-refractivity contribution in [1.29, 1.82) is 5.26 Å². The van der Waals surface area contributed by atoms with E-state index in [-0.39, 0.29) is 17.5 Å². The average molecular weight is 283 g/mol. The lowest BCUT2D eigenvalue weighted by Crippen LogP contribution is -2.33. The largest absolute Gasteiger partial charge is 0.360 e. The van der Waals surface area contributed by atoms with Gasteiger partial charge in [-0.25, -0.2) is 0 Å². The molecule has 1 aromatic carbocycles. The van der Waals surface area contributed by atoms with Crippen LogP contribution in [0.15, 0.2) is 36.0 Å². The van der Waals surface area contributed by atoms with Crippen molar-refractivity contribution >= 4 is 11.6 Å². The van der Waals surface area contributed by atoms with Gasteiger partial charge in [0, 0.05) is 17.9 Å². The Morgan fingerprint density at radius 3 is 2.57 bits per heavy atom. The zero-order valence-electron chi connectivity index (χ0n) is 12.4. The monoisotopic (exact) mass is 283 g/mol. The van der Waals surface area contributed by atoms with Gasteiger partial charge in [-0.2, -0.15) is 5.26 Å². The van der Waals surface area contributed by atoms with E-state index in [1.165, 1.54) is 11.8 Å². The van der Waals surface area contributed by atoms with Crippen LogP contribution in [0.4, 0.5) is 5.69 Å². The van der Waals surface area contributed by atoms with E-state index in [1.54, 1.807) is 0 Å². The van der Waals surface area contributed by atoms with Gasteiger partial charge in [0.05, 0.1) is 0 Å². The first kappa shape index (κ1) is 15.1. The molecule has 21 heavy (non-hydrogen) atoms. The number of nitrogens with zero attached hydrogens (tertiary/aromatic N) is 1. The number of nitriles is 1. The highest BCUT2D eigenvalue weighted by molar-refractivity contribution is 5.97. The second-order valence-corrected chi connectivity index (χ2v) is 5.32. The van der Waals surface area contributed by atoms with Gasteiger partial charge in [0.15, 0.2) is 0 Å². The molecule has 2 rings (SSSR count). The van der Waals surface area contributed by atoms with Crippen molar-refractivity contribution in [3.05, 3.63) is 41.6 Å². The molecule has 110 valence electrons. The Bertz CT molecular complexity index is 548. The van der Waals surface area contributed by atoms with E-state index < -0.39 is 0 Å². The second kappa shape index (κ2) is 7.49. The van der Waals surface area contributed by atoms with E-state index in [4.69, 9.17) is 5.26 Å². The Balaban J connectivity index is 1.95. The van der Waals surface area contributed by atoms with Gasteiger partial charge >= 0.3 is 0 Å². The fraction of sp³-hybridized carbons (Fsp3) is 0.412. The van der Waals surface area contributed by atoms with Crippen LogP contribution >= 0.6 is 0 Å². The Labute approximate surface area is 125 Å². The van der Waals surface area contributed by atoms with E-state index in [0.717, 1.165) is 37.8 Å². The molecule has 4 heteroatoms. The topological polar surface area (TPSA) is 64.9 Å². The Morgan fingerprint density at radius 1 is 1.33 bits per heavy atom. The van der Waals surface area contributed by atoms with E-state index >= 15 is 0 Å². The van der Waals surface area contributed by atoms with Crippen LogP contribution in [0.1, 0.15) is 38.2 Å². The molecule has 4 nitrogen and oxygen atoms in total. The van der Waals surface area contributed by atoms with Crippen molar-refractivity contribution in [3.63, 3.8) is 0 Å². The number of anilines is 1. The summed E-state index contributed by atoms with van der Waals surface area (Å²) in [6.45, 7) is 2.10. The number of benzene rings is 1. The van der Waals surface area contributed by atoms with Crippen LogP contribution in [0.3, 0.4) is 0 Å². The summed E-state index contributed by atoms with van der Waals surface area (Å²) in [6.07, 6.45) is 6.79. The first-order valence-electron chi connectivity index (χ1n) is 7.49. The SMILES string of the molecule is CCc1ccc(N/C=C(/C#N)C(=O)NC2CCCC2)cc1.